The average Bonchev–Trinajstić information content (AvgIpc) is 2.17. The summed E-state index contributed by atoms with van der Waals surface area (Å²) in [5.41, 5.74) is -0.127. The second-order valence-electron chi connectivity index (χ2n) is 3.55. The van der Waals surface area contributed by atoms with Crippen molar-refractivity contribution < 1.29 is 14.0 Å². The first kappa shape index (κ1) is 13.4. The third-order valence-corrected chi connectivity index (χ3v) is 6.80. The van der Waals surface area contributed by atoms with Crippen molar-refractivity contribution in [2.24, 2.45) is 0 Å². The molecule has 14 heavy (non-hydrogen) atoms. The Bertz CT molecular complexity index is 206. The molecule has 0 aromatic heterocycles. The molecule has 0 heterocycles. The van der Waals surface area contributed by atoms with E-state index in [9.17, 15) is 4.79 Å². The van der Waals surface area contributed by atoms with Crippen molar-refractivity contribution in [2.45, 2.75) is 38.6 Å². The summed E-state index contributed by atoms with van der Waals surface area (Å²) in [7, 11) is -0.202. The van der Waals surface area contributed by atoms with Crippen LogP contribution in [0.1, 0.15) is 20.3 Å². The molecule has 0 radical (unpaired) electrons. The first-order chi connectivity index (χ1) is 6.50. The molecule has 0 bridgehead atoms. The summed E-state index contributed by atoms with van der Waals surface area (Å²) in [4.78, 5) is 11.0. The second-order valence-corrected chi connectivity index (χ2v) is 7.90. The topological polar surface area (TPSA) is 35.5 Å². The third-order valence-electron chi connectivity index (χ3n) is 2.53. The minimum Gasteiger partial charge on any atom is -0.460 e. The molecule has 0 aliphatic heterocycles. The average molecular weight is 216 g/mol. The molecule has 0 aliphatic carbocycles. The van der Waals surface area contributed by atoms with Crippen LogP contribution in [0.15, 0.2) is 12.7 Å². The van der Waals surface area contributed by atoms with Gasteiger partial charge >= 0.3 is 5.97 Å². The van der Waals surface area contributed by atoms with Gasteiger partial charge in [-0.3, -0.25) is 0 Å². The quantitative estimate of drug-likeness (QED) is 0.388. The Morgan fingerprint density at radius 1 is 1.64 bits per heavy atom. The Balaban J connectivity index is 4.36. The molecular weight excluding hydrogens is 196 g/mol. The van der Waals surface area contributed by atoms with E-state index in [0.29, 0.717) is 0 Å². The molecular formula is C10H20O3Si. The summed E-state index contributed by atoms with van der Waals surface area (Å²) in [6, 6.07) is 0.995. The molecule has 0 aliphatic rings. The fourth-order valence-electron chi connectivity index (χ4n) is 1.31. The van der Waals surface area contributed by atoms with Gasteiger partial charge in [0.2, 0.25) is 8.32 Å². The van der Waals surface area contributed by atoms with Gasteiger partial charge in [0.25, 0.3) is 0 Å². The molecule has 4 heteroatoms. The Morgan fingerprint density at radius 3 is 2.57 bits per heavy atom. The molecule has 0 N–H and O–H groups in total. The minimum atomic E-state index is -1.90. The van der Waals surface area contributed by atoms with Gasteiger partial charge in [0.1, 0.15) is 5.73 Å². The molecule has 2 unspecified atom stereocenters. The van der Waals surface area contributed by atoms with Crippen molar-refractivity contribution in [3.8, 4) is 0 Å². The monoisotopic (exact) mass is 216 g/mol. The molecule has 2 atom stereocenters. The summed E-state index contributed by atoms with van der Waals surface area (Å²) < 4.78 is 10.7. The van der Waals surface area contributed by atoms with Gasteiger partial charge < -0.3 is 9.16 Å². The summed E-state index contributed by atoms with van der Waals surface area (Å²) in [5, 5.41) is 0. The lowest BCUT2D eigenvalue weighted by molar-refractivity contribution is -0.139. The fourth-order valence-corrected chi connectivity index (χ4v) is 3.62. The normalized spacial score (nSPS) is 16.9. The number of carbonyl (C=O) groups is 1. The van der Waals surface area contributed by atoms with Crippen LogP contribution in [0.4, 0.5) is 0 Å². The van der Waals surface area contributed by atoms with Crippen LogP contribution in [0.2, 0.25) is 12.6 Å². The van der Waals surface area contributed by atoms with E-state index < -0.39 is 8.32 Å². The van der Waals surface area contributed by atoms with Crippen LogP contribution >= 0.6 is 0 Å². The number of ether oxygens (including phenoxy) is 1. The van der Waals surface area contributed by atoms with Crippen molar-refractivity contribution in [3.63, 3.8) is 0 Å². The molecule has 0 aromatic carbocycles. The predicted molar refractivity (Wildman–Crippen MR) is 59.5 cm³/mol. The third kappa shape index (κ3) is 3.63. The van der Waals surface area contributed by atoms with E-state index in [-0.39, 0.29) is 11.7 Å². The fraction of sp³-hybridized carbons (Fsp3) is 0.700. The number of rotatable bonds is 6. The Morgan fingerprint density at radius 2 is 2.21 bits per heavy atom. The smallest absolute Gasteiger partial charge is 0.330 e. The predicted octanol–water partition coefficient (Wildman–Crippen LogP) is 2.28. The number of esters is 1. The van der Waals surface area contributed by atoms with E-state index in [1.807, 2.05) is 6.92 Å². The molecule has 0 fully saturated rings. The van der Waals surface area contributed by atoms with Gasteiger partial charge in [-0.1, -0.05) is 19.9 Å². The Labute approximate surface area is 87.2 Å². The summed E-state index contributed by atoms with van der Waals surface area (Å²) in [5.74, 6) is -0.371. The van der Waals surface area contributed by atoms with Crippen molar-refractivity contribution in [3.05, 3.63) is 12.7 Å². The first-order valence-corrected chi connectivity index (χ1v) is 7.57. The van der Waals surface area contributed by atoms with Gasteiger partial charge in [0.05, 0.1) is 0 Å². The maximum Gasteiger partial charge on any atom is 0.330 e. The zero-order valence-electron chi connectivity index (χ0n) is 9.50. The van der Waals surface area contributed by atoms with E-state index in [4.69, 9.17) is 9.16 Å². The van der Waals surface area contributed by atoms with Gasteiger partial charge in [0, 0.05) is 13.2 Å². The standard InChI is InChI=1S/C10H20O3Si/c1-6-8-14(5,12-4)9(3)13-10(11)7-2/h7,9H,2,6,8H2,1,3-5H3. The van der Waals surface area contributed by atoms with E-state index in [1.54, 1.807) is 7.11 Å². The summed E-state index contributed by atoms with van der Waals surface area (Å²) >= 11 is 0. The highest BCUT2D eigenvalue weighted by atomic mass is 28.4. The minimum absolute atomic E-state index is 0.127. The number of carbonyl (C=O) groups excluding carboxylic acids is 1. The van der Waals surface area contributed by atoms with Crippen molar-refractivity contribution in [1.29, 1.82) is 0 Å². The van der Waals surface area contributed by atoms with Gasteiger partial charge in [-0.05, 0) is 19.5 Å². The van der Waals surface area contributed by atoms with Crippen LogP contribution < -0.4 is 0 Å². The summed E-state index contributed by atoms with van der Waals surface area (Å²) in [6.07, 6.45) is 2.24. The zero-order valence-corrected chi connectivity index (χ0v) is 10.5. The number of hydrogen-bond donors (Lipinski definition) is 0. The SMILES string of the molecule is C=CC(=O)OC(C)[Si](C)(CCC)OC. The van der Waals surface area contributed by atoms with E-state index in [2.05, 4.69) is 20.0 Å². The molecule has 82 valence electrons. The van der Waals surface area contributed by atoms with Crippen LogP contribution in [-0.2, 0) is 14.0 Å². The largest absolute Gasteiger partial charge is 0.460 e. The van der Waals surface area contributed by atoms with E-state index >= 15 is 0 Å². The lowest BCUT2D eigenvalue weighted by Gasteiger charge is -2.30. The molecule has 0 rings (SSSR count). The lowest BCUT2D eigenvalue weighted by atomic mass is 10.6. The van der Waals surface area contributed by atoms with Gasteiger partial charge in [-0.25, -0.2) is 4.79 Å². The lowest BCUT2D eigenvalue weighted by Crippen LogP contribution is -2.47. The highest BCUT2D eigenvalue weighted by Gasteiger charge is 2.36. The van der Waals surface area contributed by atoms with E-state index in [1.165, 1.54) is 6.08 Å². The second kappa shape index (κ2) is 5.98. The van der Waals surface area contributed by atoms with Crippen molar-refractivity contribution >= 4 is 14.3 Å². The maximum absolute atomic E-state index is 11.0. The molecule has 3 nitrogen and oxygen atoms in total. The van der Waals surface area contributed by atoms with Crippen LogP contribution in [0.3, 0.4) is 0 Å². The highest BCUT2D eigenvalue weighted by molar-refractivity contribution is 6.73. The summed E-state index contributed by atoms with van der Waals surface area (Å²) in [6.45, 7) is 9.45. The molecule has 0 saturated carbocycles. The maximum atomic E-state index is 11.0. The number of hydrogen-bond acceptors (Lipinski definition) is 3. The molecule has 0 amide bonds. The van der Waals surface area contributed by atoms with E-state index in [0.717, 1.165) is 12.5 Å². The van der Waals surface area contributed by atoms with Gasteiger partial charge in [-0.2, -0.15) is 0 Å². The van der Waals surface area contributed by atoms with Crippen LogP contribution in [0.25, 0.3) is 0 Å². The Kier molecular flexibility index (Phi) is 5.72. The first-order valence-electron chi connectivity index (χ1n) is 4.88. The zero-order chi connectivity index (χ0) is 11.2. The molecule has 0 aromatic rings. The van der Waals surface area contributed by atoms with Gasteiger partial charge in [-0.15, -0.1) is 0 Å². The van der Waals surface area contributed by atoms with Crippen molar-refractivity contribution in [2.75, 3.05) is 7.11 Å². The van der Waals surface area contributed by atoms with Crippen molar-refractivity contribution in [1.82, 2.24) is 0 Å². The van der Waals surface area contributed by atoms with Crippen LogP contribution in [0, 0.1) is 0 Å². The molecule has 0 spiro atoms. The van der Waals surface area contributed by atoms with Crippen LogP contribution in [0.5, 0.6) is 0 Å². The Hall–Kier alpha value is -0.613. The molecule has 0 saturated heterocycles. The van der Waals surface area contributed by atoms with Crippen LogP contribution in [-0.4, -0.2) is 27.1 Å². The van der Waals surface area contributed by atoms with Gasteiger partial charge in [0.15, 0.2) is 0 Å². The highest BCUT2D eigenvalue weighted by Crippen LogP contribution is 2.20.